The number of nitrogens with one attached hydrogen (secondary N) is 1. The number of rotatable bonds is 3. The van der Waals surface area contributed by atoms with Gasteiger partial charge < -0.3 is 15.6 Å². The highest BCUT2D eigenvalue weighted by Crippen LogP contribution is 2.41. The van der Waals surface area contributed by atoms with Gasteiger partial charge >= 0.3 is 0 Å². The Bertz CT molecular complexity index is 975. The number of hydrogen-bond acceptors (Lipinski definition) is 3. The normalized spacial score (nSPS) is 21.0. The summed E-state index contributed by atoms with van der Waals surface area (Å²) in [6.45, 7) is 3.48. The van der Waals surface area contributed by atoms with E-state index >= 15 is 0 Å². The molecule has 0 bridgehead atoms. The van der Waals surface area contributed by atoms with Gasteiger partial charge in [0.25, 0.3) is 0 Å². The minimum atomic E-state index is 0.608. The average molecular weight is 398 g/mol. The fourth-order valence-corrected chi connectivity index (χ4v) is 6.03. The molecule has 1 fully saturated rings. The summed E-state index contributed by atoms with van der Waals surface area (Å²) in [4.78, 5) is 7.47. The second-order valence-corrected chi connectivity index (χ2v) is 9.31. The van der Waals surface area contributed by atoms with Crippen LogP contribution in [0.2, 0.25) is 5.02 Å². The van der Waals surface area contributed by atoms with Crippen molar-refractivity contribution in [3.05, 3.63) is 58.7 Å². The number of thioether (sulfide) groups is 1. The van der Waals surface area contributed by atoms with Crippen LogP contribution in [0.3, 0.4) is 0 Å². The second-order valence-electron chi connectivity index (χ2n) is 7.81. The number of hydrogen-bond donors (Lipinski definition) is 2. The van der Waals surface area contributed by atoms with E-state index in [1.165, 1.54) is 45.5 Å². The number of benzene rings is 2. The molecule has 2 aliphatic heterocycles. The van der Waals surface area contributed by atoms with Crippen molar-refractivity contribution in [3.63, 3.8) is 0 Å². The van der Waals surface area contributed by atoms with Crippen LogP contribution in [0.25, 0.3) is 10.9 Å². The molecule has 140 valence electrons. The van der Waals surface area contributed by atoms with E-state index in [0.717, 1.165) is 30.3 Å². The van der Waals surface area contributed by atoms with Crippen molar-refractivity contribution in [2.75, 3.05) is 31.1 Å². The highest BCUT2D eigenvalue weighted by Gasteiger charge is 2.28. The molecule has 1 saturated heterocycles. The number of H-pyrrole nitrogens is 1. The van der Waals surface area contributed by atoms with Crippen LogP contribution in [0.15, 0.2) is 47.5 Å². The molecule has 0 amide bonds. The summed E-state index contributed by atoms with van der Waals surface area (Å²) >= 11 is 8.20. The zero-order chi connectivity index (χ0) is 18.4. The van der Waals surface area contributed by atoms with Crippen molar-refractivity contribution in [1.29, 1.82) is 0 Å². The number of piperidine rings is 1. The summed E-state index contributed by atoms with van der Waals surface area (Å²) in [7, 11) is 0. The van der Waals surface area contributed by atoms with Crippen LogP contribution in [0.4, 0.5) is 5.69 Å². The minimum absolute atomic E-state index is 0.608. The van der Waals surface area contributed by atoms with Gasteiger partial charge in [0, 0.05) is 50.9 Å². The Balaban J connectivity index is 1.26. The van der Waals surface area contributed by atoms with Crippen LogP contribution >= 0.6 is 23.4 Å². The van der Waals surface area contributed by atoms with Gasteiger partial charge in [-0.2, -0.15) is 0 Å². The standard InChI is InChI=1S/C22H24ClN3S/c23-16-1-3-21-19(9-16)20(11-25-21)14-5-7-26(8-6-14)12-15-13-27-22-4-2-17(24)10-18(15)22/h1-4,9-11,14-15,25H,5-8,12-13,24H2. The maximum atomic E-state index is 6.22. The molecule has 1 unspecified atom stereocenters. The van der Waals surface area contributed by atoms with E-state index in [9.17, 15) is 0 Å². The number of nitrogen functional groups attached to an aromatic ring is 1. The van der Waals surface area contributed by atoms with Crippen molar-refractivity contribution in [3.8, 4) is 0 Å². The molecule has 5 heteroatoms. The van der Waals surface area contributed by atoms with Gasteiger partial charge in [-0.3, -0.25) is 0 Å². The van der Waals surface area contributed by atoms with Crippen LogP contribution < -0.4 is 5.73 Å². The Labute approximate surface area is 169 Å². The van der Waals surface area contributed by atoms with Crippen LogP contribution in [0.5, 0.6) is 0 Å². The first-order valence-corrected chi connectivity index (χ1v) is 11.0. The third-order valence-corrected chi connectivity index (χ3v) is 7.58. The van der Waals surface area contributed by atoms with Crippen molar-refractivity contribution in [1.82, 2.24) is 9.88 Å². The monoisotopic (exact) mass is 397 g/mol. The van der Waals surface area contributed by atoms with E-state index in [1.54, 1.807) is 0 Å². The smallest absolute Gasteiger partial charge is 0.0457 e. The molecule has 3 aromatic rings. The molecule has 3 heterocycles. The molecule has 27 heavy (non-hydrogen) atoms. The van der Waals surface area contributed by atoms with Gasteiger partial charge in [0.2, 0.25) is 0 Å². The van der Waals surface area contributed by atoms with E-state index in [4.69, 9.17) is 17.3 Å². The van der Waals surface area contributed by atoms with Crippen LogP contribution in [-0.4, -0.2) is 35.3 Å². The van der Waals surface area contributed by atoms with Gasteiger partial charge in [0.15, 0.2) is 0 Å². The molecular formula is C22H24ClN3S. The molecule has 0 spiro atoms. The Morgan fingerprint density at radius 3 is 2.81 bits per heavy atom. The van der Waals surface area contributed by atoms with Crippen LogP contribution in [-0.2, 0) is 0 Å². The molecule has 2 aromatic carbocycles. The lowest BCUT2D eigenvalue weighted by Crippen LogP contribution is -2.36. The van der Waals surface area contributed by atoms with Gasteiger partial charge in [-0.1, -0.05) is 11.6 Å². The van der Waals surface area contributed by atoms with Gasteiger partial charge in [0.1, 0.15) is 0 Å². The van der Waals surface area contributed by atoms with Crippen LogP contribution in [0.1, 0.15) is 35.8 Å². The van der Waals surface area contributed by atoms with E-state index in [2.05, 4.69) is 40.3 Å². The lowest BCUT2D eigenvalue weighted by molar-refractivity contribution is 0.205. The molecule has 3 N–H and O–H groups in total. The predicted molar refractivity (Wildman–Crippen MR) is 116 cm³/mol. The number of fused-ring (bicyclic) bond motifs is 2. The number of halogens is 1. The zero-order valence-corrected chi connectivity index (χ0v) is 16.8. The number of likely N-dealkylation sites (tertiary alicyclic amines) is 1. The molecule has 3 nitrogen and oxygen atoms in total. The summed E-state index contributed by atoms with van der Waals surface area (Å²) in [5.41, 5.74) is 11.0. The topological polar surface area (TPSA) is 45.0 Å². The molecule has 0 aliphatic carbocycles. The summed E-state index contributed by atoms with van der Waals surface area (Å²) < 4.78 is 0. The van der Waals surface area contributed by atoms with E-state index in [1.807, 2.05) is 23.9 Å². The van der Waals surface area contributed by atoms with Crippen molar-refractivity contribution in [2.24, 2.45) is 0 Å². The molecule has 5 rings (SSSR count). The largest absolute Gasteiger partial charge is 0.399 e. The maximum Gasteiger partial charge on any atom is 0.0457 e. The lowest BCUT2D eigenvalue weighted by atomic mass is 9.88. The van der Waals surface area contributed by atoms with Crippen molar-refractivity contribution >= 4 is 40.0 Å². The molecular weight excluding hydrogens is 374 g/mol. The summed E-state index contributed by atoms with van der Waals surface area (Å²) in [5, 5.41) is 2.11. The minimum Gasteiger partial charge on any atom is -0.399 e. The number of aromatic amines is 1. The van der Waals surface area contributed by atoms with E-state index in [0.29, 0.717) is 11.8 Å². The Morgan fingerprint density at radius 2 is 1.96 bits per heavy atom. The Morgan fingerprint density at radius 1 is 1.11 bits per heavy atom. The third-order valence-electron chi connectivity index (χ3n) is 6.10. The summed E-state index contributed by atoms with van der Waals surface area (Å²) in [5.74, 6) is 2.41. The average Bonchev–Trinajstić information content (AvgIpc) is 3.26. The number of nitrogens with zero attached hydrogens (tertiary/aromatic N) is 1. The molecule has 1 atom stereocenters. The van der Waals surface area contributed by atoms with Gasteiger partial charge in [0.05, 0.1) is 0 Å². The fourth-order valence-electron chi connectivity index (χ4n) is 4.64. The zero-order valence-electron chi connectivity index (χ0n) is 15.2. The second kappa shape index (κ2) is 7.08. The number of anilines is 1. The first-order valence-electron chi connectivity index (χ1n) is 9.68. The van der Waals surface area contributed by atoms with Gasteiger partial charge in [-0.15, -0.1) is 11.8 Å². The number of nitrogens with two attached hydrogens (primary N) is 1. The first-order chi connectivity index (χ1) is 13.2. The number of aromatic nitrogens is 1. The van der Waals surface area contributed by atoms with Crippen LogP contribution in [0, 0.1) is 0 Å². The predicted octanol–water partition coefficient (Wildman–Crippen LogP) is 5.47. The Kier molecular flexibility index (Phi) is 4.58. The summed E-state index contributed by atoms with van der Waals surface area (Å²) in [6, 6.07) is 12.5. The third kappa shape index (κ3) is 3.35. The fraction of sp³-hybridized carbons (Fsp3) is 0.364. The first kappa shape index (κ1) is 17.5. The highest BCUT2D eigenvalue weighted by atomic mass is 35.5. The van der Waals surface area contributed by atoms with Gasteiger partial charge in [-0.25, -0.2) is 0 Å². The SMILES string of the molecule is Nc1ccc2c(c1)C(CN1CCC(c3c[nH]c4ccc(Cl)cc34)CC1)CS2. The maximum absolute atomic E-state index is 6.22. The van der Waals surface area contributed by atoms with E-state index < -0.39 is 0 Å². The molecule has 2 aliphatic rings. The Hall–Kier alpha value is -1.62. The van der Waals surface area contributed by atoms with Crippen molar-refractivity contribution < 1.29 is 0 Å². The molecule has 0 radical (unpaired) electrons. The van der Waals surface area contributed by atoms with Gasteiger partial charge in [-0.05, 0) is 79.4 Å². The van der Waals surface area contributed by atoms with Crippen molar-refractivity contribution in [2.45, 2.75) is 29.6 Å². The quantitative estimate of drug-likeness (QED) is 0.576. The molecule has 0 saturated carbocycles. The molecule has 1 aromatic heterocycles. The lowest BCUT2D eigenvalue weighted by Gasteiger charge is -2.33. The highest BCUT2D eigenvalue weighted by molar-refractivity contribution is 7.99. The van der Waals surface area contributed by atoms with E-state index in [-0.39, 0.29) is 0 Å². The summed E-state index contributed by atoms with van der Waals surface area (Å²) in [6.07, 6.45) is 4.61.